The summed E-state index contributed by atoms with van der Waals surface area (Å²) in [5.41, 5.74) is 2.68. The Bertz CT molecular complexity index is 276. The van der Waals surface area contributed by atoms with Gasteiger partial charge < -0.3 is 0 Å². The van der Waals surface area contributed by atoms with E-state index in [1.807, 2.05) is 0 Å². The van der Waals surface area contributed by atoms with Crippen LogP contribution in [0.1, 0.15) is 50.2 Å². The number of hydrogen-bond donors (Lipinski definition) is 0. The lowest BCUT2D eigenvalue weighted by Crippen LogP contribution is -2.03. The van der Waals surface area contributed by atoms with Crippen molar-refractivity contribution in [3.05, 3.63) is 35.4 Å². The van der Waals surface area contributed by atoms with Crippen LogP contribution >= 0.6 is 11.6 Å². The van der Waals surface area contributed by atoms with Crippen molar-refractivity contribution < 1.29 is 0 Å². The maximum atomic E-state index is 6.33. The molecule has 90 valence electrons. The van der Waals surface area contributed by atoms with Gasteiger partial charge in [0, 0.05) is 5.38 Å². The van der Waals surface area contributed by atoms with E-state index in [0.29, 0.717) is 5.38 Å². The highest BCUT2D eigenvalue weighted by molar-refractivity contribution is 6.20. The van der Waals surface area contributed by atoms with Crippen LogP contribution in [0.4, 0.5) is 0 Å². The molecule has 16 heavy (non-hydrogen) atoms. The largest absolute Gasteiger partial charge is 0.123 e. The SMILES string of the molecule is CCCCCCC(Cl)Cc1ccc(C)cc1. The summed E-state index contributed by atoms with van der Waals surface area (Å²) in [7, 11) is 0. The van der Waals surface area contributed by atoms with Crippen LogP contribution in [-0.4, -0.2) is 5.38 Å². The zero-order valence-electron chi connectivity index (χ0n) is 10.5. The van der Waals surface area contributed by atoms with Gasteiger partial charge in [-0.05, 0) is 25.3 Å². The Morgan fingerprint density at radius 1 is 1.06 bits per heavy atom. The highest BCUT2D eigenvalue weighted by Gasteiger charge is 2.05. The number of halogens is 1. The molecular formula is C15H23Cl. The summed E-state index contributed by atoms with van der Waals surface area (Å²) in [5.74, 6) is 0. The summed E-state index contributed by atoms with van der Waals surface area (Å²) in [6.45, 7) is 4.36. The smallest absolute Gasteiger partial charge is 0.0376 e. The third kappa shape index (κ3) is 5.55. The van der Waals surface area contributed by atoms with E-state index in [4.69, 9.17) is 11.6 Å². The van der Waals surface area contributed by atoms with E-state index < -0.39 is 0 Å². The molecule has 0 spiro atoms. The molecule has 1 aromatic rings. The van der Waals surface area contributed by atoms with Gasteiger partial charge in [0.05, 0.1) is 0 Å². The van der Waals surface area contributed by atoms with Crippen molar-refractivity contribution in [1.82, 2.24) is 0 Å². The Morgan fingerprint density at radius 2 is 1.75 bits per heavy atom. The average molecular weight is 239 g/mol. The number of hydrogen-bond acceptors (Lipinski definition) is 0. The molecule has 0 aliphatic carbocycles. The molecule has 1 aromatic carbocycles. The second kappa shape index (κ2) is 7.73. The second-order valence-electron chi connectivity index (χ2n) is 4.64. The van der Waals surface area contributed by atoms with Crippen LogP contribution in [0.15, 0.2) is 24.3 Å². The summed E-state index contributed by atoms with van der Waals surface area (Å²) < 4.78 is 0. The molecule has 0 amide bonds. The zero-order chi connectivity index (χ0) is 11.8. The fourth-order valence-corrected chi connectivity index (χ4v) is 2.21. The van der Waals surface area contributed by atoms with Gasteiger partial charge in [-0.1, -0.05) is 62.4 Å². The van der Waals surface area contributed by atoms with Gasteiger partial charge in [0.25, 0.3) is 0 Å². The monoisotopic (exact) mass is 238 g/mol. The van der Waals surface area contributed by atoms with E-state index in [-0.39, 0.29) is 0 Å². The maximum Gasteiger partial charge on any atom is 0.0376 e. The molecule has 0 heterocycles. The summed E-state index contributed by atoms with van der Waals surface area (Å²) in [5, 5.41) is 0.305. The minimum atomic E-state index is 0.305. The first-order valence-corrected chi connectivity index (χ1v) is 6.85. The molecule has 1 atom stereocenters. The van der Waals surface area contributed by atoms with Gasteiger partial charge in [-0.3, -0.25) is 0 Å². The molecule has 0 radical (unpaired) electrons. The predicted molar refractivity (Wildman–Crippen MR) is 73.3 cm³/mol. The maximum absolute atomic E-state index is 6.33. The summed E-state index contributed by atoms with van der Waals surface area (Å²) in [6.07, 6.45) is 7.39. The first-order valence-electron chi connectivity index (χ1n) is 6.42. The van der Waals surface area contributed by atoms with Crippen molar-refractivity contribution in [3.63, 3.8) is 0 Å². The normalized spacial score (nSPS) is 12.7. The van der Waals surface area contributed by atoms with E-state index in [0.717, 1.165) is 12.8 Å². The van der Waals surface area contributed by atoms with Crippen LogP contribution in [0.25, 0.3) is 0 Å². The van der Waals surface area contributed by atoms with E-state index in [1.165, 1.54) is 36.8 Å². The van der Waals surface area contributed by atoms with Gasteiger partial charge in [-0.2, -0.15) is 0 Å². The lowest BCUT2D eigenvalue weighted by Gasteiger charge is -2.09. The Morgan fingerprint density at radius 3 is 2.38 bits per heavy atom. The van der Waals surface area contributed by atoms with Gasteiger partial charge >= 0.3 is 0 Å². The highest BCUT2D eigenvalue weighted by atomic mass is 35.5. The minimum absolute atomic E-state index is 0.305. The quantitative estimate of drug-likeness (QED) is 0.457. The van der Waals surface area contributed by atoms with Crippen molar-refractivity contribution in [2.75, 3.05) is 0 Å². The average Bonchev–Trinajstić information content (AvgIpc) is 2.28. The number of alkyl halides is 1. The highest BCUT2D eigenvalue weighted by Crippen LogP contribution is 2.15. The zero-order valence-corrected chi connectivity index (χ0v) is 11.3. The van der Waals surface area contributed by atoms with Crippen molar-refractivity contribution in [1.29, 1.82) is 0 Å². The molecule has 1 rings (SSSR count). The molecule has 1 unspecified atom stereocenters. The van der Waals surface area contributed by atoms with Crippen molar-refractivity contribution in [2.24, 2.45) is 0 Å². The van der Waals surface area contributed by atoms with E-state index in [2.05, 4.69) is 38.1 Å². The minimum Gasteiger partial charge on any atom is -0.123 e. The molecular weight excluding hydrogens is 216 g/mol. The van der Waals surface area contributed by atoms with Gasteiger partial charge in [0.15, 0.2) is 0 Å². The Kier molecular flexibility index (Phi) is 6.56. The van der Waals surface area contributed by atoms with Crippen LogP contribution in [0.5, 0.6) is 0 Å². The molecule has 1 heteroatoms. The molecule has 0 saturated carbocycles. The van der Waals surface area contributed by atoms with E-state index in [1.54, 1.807) is 0 Å². The predicted octanol–water partition coefficient (Wildman–Crippen LogP) is 5.12. The Hall–Kier alpha value is -0.490. The number of aryl methyl sites for hydroxylation is 1. The molecule has 0 bridgehead atoms. The van der Waals surface area contributed by atoms with Crippen LogP contribution in [-0.2, 0) is 6.42 Å². The number of unbranched alkanes of at least 4 members (excludes halogenated alkanes) is 3. The number of rotatable bonds is 7. The fraction of sp³-hybridized carbons (Fsp3) is 0.600. The summed E-state index contributed by atoms with van der Waals surface area (Å²) in [6, 6.07) is 8.71. The third-order valence-corrected chi connectivity index (χ3v) is 3.32. The van der Waals surface area contributed by atoms with Crippen molar-refractivity contribution in [3.8, 4) is 0 Å². The lowest BCUT2D eigenvalue weighted by molar-refractivity contribution is 0.612. The van der Waals surface area contributed by atoms with Gasteiger partial charge in [0.2, 0.25) is 0 Å². The first-order chi connectivity index (χ1) is 7.72. The molecule has 0 aliphatic rings. The van der Waals surface area contributed by atoms with E-state index in [9.17, 15) is 0 Å². The van der Waals surface area contributed by atoms with E-state index >= 15 is 0 Å². The van der Waals surface area contributed by atoms with Crippen molar-refractivity contribution in [2.45, 2.75) is 57.7 Å². The topological polar surface area (TPSA) is 0 Å². The first kappa shape index (κ1) is 13.6. The third-order valence-electron chi connectivity index (χ3n) is 2.95. The second-order valence-corrected chi connectivity index (χ2v) is 5.25. The Labute approximate surface area is 105 Å². The van der Waals surface area contributed by atoms with Crippen LogP contribution < -0.4 is 0 Å². The van der Waals surface area contributed by atoms with Gasteiger partial charge in [-0.15, -0.1) is 11.6 Å². The molecule has 0 N–H and O–H groups in total. The lowest BCUT2D eigenvalue weighted by atomic mass is 10.0. The molecule has 0 nitrogen and oxygen atoms in total. The summed E-state index contributed by atoms with van der Waals surface area (Å²) >= 11 is 6.33. The molecule has 0 saturated heterocycles. The number of benzene rings is 1. The van der Waals surface area contributed by atoms with Crippen LogP contribution in [0.2, 0.25) is 0 Å². The molecule has 0 fully saturated rings. The van der Waals surface area contributed by atoms with Crippen molar-refractivity contribution >= 4 is 11.6 Å². The fourth-order valence-electron chi connectivity index (χ4n) is 1.87. The standard InChI is InChI=1S/C15H23Cl/c1-3-4-5-6-7-15(16)12-14-10-8-13(2)9-11-14/h8-11,15H,3-7,12H2,1-2H3. The molecule has 0 aliphatic heterocycles. The van der Waals surface area contributed by atoms with Crippen LogP contribution in [0, 0.1) is 6.92 Å². The molecule has 0 aromatic heterocycles. The Balaban J connectivity index is 2.23. The van der Waals surface area contributed by atoms with Crippen LogP contribution in [0.3, 0.4) is 0 Å². The van der Waals surface area contributed by atoms with Gasteiger partial charge in [0.1, 0.15) is 0 Å². The van der Waals surface area contributed by atoms with Gasteiger partial charge in [-0.25, -0.2) is 0 Å². The summed E-state index contributed by atoms with van der Waals surface area (Å²) in [4.78, 5) is 0.